The zero-order chi connectivity index (χ0) is 12.7. The number of carbonyl (C=O) groups is 2. The van der Waals surface area contributed by atoms with Crippen molar-refractivity contribution in [3.8, 4) is 0 Å². The van der Waals surface area contributed by atoms with Crippen molar-refractivity contribution >= 4 is 17.6 Å². The number of amides is 1. The Morgan fingerprint density at radius 2 is 1.94 bits per heavy atom. The molecule has 0 fully saturated rings. The number of para-hydroxylation sites is 1. The molecule has 0 aromatic heterocycles. The van der Waals surface area contributed by atoms with Gasteiger partial charge in [0.2, 0.25) is 5.91 Å². The van der Waals surface area contributed by atoms with Gasteiger partial charge in [0.1, 0.15) is 0 Å². The molecule has 0 radical (unpaired) electrons. The van der Waals surface area contributed by atoms with E-state index < -0.39 is 5.97 Å². The number of aliphatic carboxylic acids is 1. The summed E-state index contributed by atoms with van der Waals surface area (Å²) in [4.78, 5) is 23.6. The third kappa shape index (κ3) is 4.55. The molecule has 0 aliphatic heterocycles. The lowest BCUT2D eigenvalue weighted by Crippen LogP contribution is -2.36. The maximum absolute atomic E-state index is 11.3. The van der Waals surface area contributed by atoms with Crippen LogP contribution in [0.5, 0.6) is 0 Å². The van der Waals surface area contributed by atoms with Crippen molar-refractivity contribution in [2.75, 3.05) is 25.0 Å². The number of benzene rings is 1. The summed E-state index contributed by atoms with van der Waals surface area (Å²) in [6, 6.07) is 9.29. The highest BCUT2D eigenvalue weighted by atomic mass is 16.4. The molecule has 0 unspecified atom stereocenters. The predicted molar refractivity (Wildman–Crippen MR) is 65.0 cm³/mol. The van der Waals surface area contributed by atoms with E-state index in [-0.39, 0.29) is 18.9 Å². The molecular formula is C12H16N2O3. The summed E-state index contributed by atoms with van der Waals surface area (Å²) in [6.07, 6.45) is 0.00584. The van der Waals surface area contributed by atoms with E-state index in [0.29, 0.717) is 6.54 Å². The number of hydrogen-bond donors (Lipinski definition) is 2. The average Bonchev–Trinajstić information content (AvgIpc) is 2.35. The minimum Gasteiger partial charge on any atom is -0.481 e. The minimum atomic E-state index is -0.872. The molecule has 1 aromatic carbocycles. The summed E-state index contributed by atoms with van der Waals surface area (Å²) < 4.78 is 0. The van der Waals surface area contributed by atoms with Crippen molar-refractivity contribution < 1.29 is 14.7 Å². The first kappa shape index (κ1) is 13.0. The van der Waals surface area contributed by atoms with E-state index in [2.05, 4.69) is 5.32 Å². The number of carbonyl (C=O) groups excluding carboxylic acids is 1. The van der Waals surface area contributed by atoms with Crippen LogP contribution in [0.25, 0.3) is 0 Å². The fourth-order valence-electron chi connectivity index (χ4n) is 1.42. The molecule has 0 aliphatic carbocycles. The summed E-state index contributed by atoms with van der Waals surface area (Å²) >= 11 is 0. The van der Waals surface area contributed by atoms with Gasteiger partial charge in [0.05, 0.1) is 13.0 Å². The van der Waals surface area contributed by atoms with E-state index >= 15 is 0 Å². The monoisotopic (exact) mass is 236 g/mol. The average molecular weight is 236 g/mol. The van der Waals surface area contributed by atoms with Crippen molar-refractivity contribution in [2.24, 2.45) is 0 Å². The van der Waals surface area contributed by atoms with E-state index in [1.165, 1.54) is 0 Å². The van der Waals surface area contributed by atoms with E-state index in [1.807, 2.05) is 30.3 Å². The maximum atomic E-state index is 11.3. The Morgan fingerprint density at radius 1 is 1.29 bits per heavy atom. The lowest BCUT2D eigenvalue weighted by atomic mass is 10.2. The molecule has 0 bridgehead atoms. The molecular weight excluding hydrogens is 220 g/mol. The number of nitrogens with zero attached hydrogens (tertiary/aromatic N) is 1. The molecule has 0 spiro atoms. The highest BCUT2D eigenvalue weighted by Crippen LogP contribution is 2.13. The topological polar surface area (TPSA) is 69.6 Å². The first-order valence-electron chi connectivity index (χ1n) is 5.36. The van der Waals surface area contributed by atoms with Crippen LogP contribution >= 0.6 is 0 Å². The largest absolute Gasteiger partial charge is 0.481 e. The molecule has 5 nitrogen and oxygen atoms in total. The van der Waals surface area contributed by atoms with Gasteiger partial charge in [-0.05, 0) is 12.1 Å². The normalized spacial score (nSPS) is 9.71. The Kier molecular flexibility index (Phi) is 5.00. The Labute approximate surface area is 100 Å². The number of likely N-dealkylation sites (N-methyl/N-ethyl adjacent to an activating group) is 1. The lowest BCUT2D eigenvalue weighted by molar-refractivity contribution is -0.136. The molecule has 1 rings (SSSR count). The SMILES string of the molecule is CNC(=O)CN(CCC(=O)O)c1ccccc1. The van der Waals surface area contributed by atoms with Crippen LogP contribution in [-0.2, 0) is 9.59 Å². The van der Waals surface area contributed by atoms with Gasteiger partial charge in [-0.3, -0.25) is 9.59 Å². The number of hydrogen-bond acceptors (Lipinski definition) is 3. The third-order valence-corrected chi connectivity index (χ3v) is 2.33. The van der Waals surface area contributed by atoms with Gasteiger partial charge in [0.15, 0.2) is 0 Å². The summed E-state index contributed by atoms with van der Waals surface area (Å²) in [6.45, 7) is 0.473. The molecule has 92 valence electrons. The Balaban J connectivity index is 2.71. The minimum absolute atomic E-state index is 0.00584. The van der Waals surface area contributed by atoms with Crippen molar-refractivity contribution in [1.82, 2.24) is 5.32 Å². The summed E-state index contributed by atoms with van der Waals surface area (Å²) in [5.74, 6) is -1.01. The quantitative estimate of drug-likeness (QED) is 0.763. The molecule has 5 heteroatoms. The second-order valence-electron chi connectivity index (χ2n) is 3.57. The molecule has 0 heterocycles. The van der Waals surface area contributed by atoms with E-state index in [4.69, 9.17) is 5.11 Å². The lowest BCUT2D eigenvalue weighted by Gasteiger charge is -2.23. The van der Waals surface area contributed by atoms with Gasteiger partial charge >= 0.3 is 5.97 Å². The summed E-state index contributed by atoms with van der Waals surface area (Å²) in [5.41, 5.74) is 0.845. The van der Waals surface area contributed by atoms with Gasteiger partial charge in [-0.1, -0.05) is 18.2 Å². The number of rotatable bonds is 6. The second kappa shape index (κ2) is 6.52. The molecule has 0 atom stereocenters. The molecule has 2 N–H and O–H groups in total. The van der Waals surface area contributed by atoms with Gasteiger partial charge in [-0.15, -0.1) is 0 Å². The Hall–Kier alpha value is -2.04. The van der Waals surface area contributed by atoms with Crippen LogP contribution < -0.4 is 10.2 Å². The second-order valence-corrected chi connectivity index (χ2v) is 3.57. The number of nitrogens with one attached hydrogen (secondary N) is 1. The number of anilines is 1. The van der Waals surface area contributed by atoms with Crippen LogP contribution in [-0.4, -0.2) is 37.1 Å². The zero-order valence-corrected chi connectivity index (χ0v) is 9.72. The van der Waals surface area contributed by atoms with Crippen LogP contribution in [0, 0.1) is 0 Å². The van der Waals surface area contributed by atoms with Crippen LogP contribution in [0.3, 0.4) is 0 Å². The van der Waals surface area contributed by atoms with Crippen molar-refractivity contribution in [3.63, 3.8) is 0 Å². The van der Waals surface area contributed by atoms with Crippen molar-refractivity contribution in [3.05, 3.63) is 30.3 Å². The molecule has 1 amide bonds. The number of carboxylic acid groups (broad SMARTS) is 1. The zero-order valence-electron chi connectivity index (χ0n) is 9.72. The van der Waals surface area contributed by atoms with Crippen LogP contribution in [0.1, 0.15) is 6.42 Å². The number of carboxylic acids is 1. The highest BCUT2D eigenvalue weighted by molar-refractivity contribution is 5.81. The maximum Gasteiger partial charge on any atom is 0.305 e. The first-order valence-corrected chi connectivity index (χ1v) is 5.36. The Bertz CT molecular complexity index is 379. The van der Waals surface area contributed by atoms with Gasteiger partial charge < -0.3 is 15.3 Å². The third-order valence-electron chi connectivity index (χ3n) is 2.33. The van der Waals surface area contributed by atoms with Gasteiger partial charge in [-0.2, -0.15) is 0 Å². The highest BCUT2D eigenvalue weighted by Gasteiger charge is 2.11. The molecule has 17 heavy (non-hydrogen) atoms. The standard InChI is InChI=1S/C12H16N2O3/c1-13-11(15)9-14(8-7-12(16)17)10-5-3-2-4-6-10/h2-6H,7-9H2,1H3,(H,13,15)(H,16,17). The van der Waals surface area contributed by atoms with E-state index in [0.717, 1.165) is 5.69 Å². The van der Waals surface area contributed by atoms with E-state index in [9.17, 15) is 9.59 Å². The van der Waals surface area contributed by atoms with E-state index in [1.54, 1.807) is 11.9 Å². The van der Waals surface area contributed by atoms with Crippen molar-refractivity contribution in [2.45, 2.75) is 6.42 Å². The fourth-order valence-corrected chi connectivity index (χ4v) is 1.42. The summed E-state index contributed by atoms with van der Waals surface area (Å²) in [7, 11) is 1.56. The van der Waals surface area contributed by atoms with Crippen LogP contribution in [0.2, 0.25) is 0 Å². The van der Waals surface area contributed by atoms with Crippen LogP contribution in [0.4, 0.5) is 5.69 Å². The van der Waals surface area contributed by atoms with Crippen LogP contribution in [0.15, 0.2) is 30.3 Å². The molecule has 0 saturated carbocycles. The first-order chi connectivity index (χ1) is 8.13. The smallest absolute Gasteiger partial charge is 0.305 e. The molecule has 0 aliphatic rings. The van der Waals surface area contributed by atoms with Gasteiger partial charge in [0, 0.05) is 19.3 Å². The summed E-state index contributed by atoms with van der Waals surface area (Å²) in [5, 5.41) is 11.2. The van der Waals surface area contributed by atoms with Gasteiger partial charge in [-0.25, -0.2) is 0 Å². The van der Waals surface area contributed by atoms with Gasteiger partial charge in [0.25, 0.3) is 0 Å². The molecule has 1 aromatic rings. The fraction of sp³-hybridized carbons (Fsp3) is 0.333. The molecule has 0 saturated heterocycles. The predicted octanol–water partition coefficient (Wildman–Crippen LogP) is 0.714. The van der Waals surface area contributed by atoms with Crippen molar-refractivity contribution in [1.29, 1.82) is 0 Å². The Morgan fingerprint density at radius 3 is 2.47 bits per heavy atom.